The number of carbonyl (C=O) groups is 4. The van der Waals surface area contributed by atoms with Gasteiger partial charge in [0.05, 0.1) is 30.9 Å². The van der Waals surface area contributed by atoms with E-state index in [-0.39, 0.29) is 35.5 Å². The van der Waals surface area contributed by atoms with E-state index in [0.717, 1.165) is 0 Å². The first-order chi connectivity index (χ1) is 18.2. The molecule has 196 valence electrons. The minimum atomic E-state index is -0.971. The molecule has 0 saturated carbocycles. The Morgan fingerprint density at radius 3 is 2.42 bits per heavy atom. The SMILES string of the molecule is CCOC(=O)c1[nH]c(C)c(C(O)=C2C(=O)C(=O)N(Cc3cccnc3)[C@@H]2c2ccc(C(=O)OC)cc2)c1C. The van der Waals surface area contributed by atoms with E-state index < -0.39 is 35.4 Å². The Hall–Kier alpha value is -4.73. The van der Waals surface area contributed by atoms with Crippen LogP contribution in [0, 0.1) is 13.8 Å². The second-order valence-corrected chi connectivity index (χ2v) is 8.75. The van der Waals surface area contributed by atoms with Gasteiger partial charge in [0.1, 0.15) is 11.5 Å². The Kier molecular flexibility index (Phi) is 7.43. The highest BCUT2D eigenvalue weighted by Crippen LogP contribution is 2.41. The number of nitrogens with one attached hydrogen (secondary N) is 1. The molecule has 0 radical (unpaired) electrons. The van der Waals surface area contributed by atoms with Crippen molar-refractivity contribution in [1.29, 1.82) is 0 Å². The number of rotatable bonds is 7. The number of hydrogen-bond acceptors (Lipinski definition) is 8. The minimum Gasteiger partial charge on any atom is -0.507 e. The summed E-state index contributed by atoms with van der Waals surface area (Å²) in [6, 6.07) is 8.78. The minimum absolute atomic E-state index is 0.0534. The number of benzene rings is 1. The number of aliphatic hydroxyl groups excluding tert-OH is 1. The summed E-state index contributed by atoms with van der Waals surface area (Å²) in [7, 11) is 1.27. The Morgan fingerprint density at radius 1 is 1.11 bits per heavy atom. The van der Waals surface area contributed by atoms with Crippen LogP contribution in [0.4, 0.5) is 0 Å². The van der Waals surface area contributed by atoms with E-state index in [4.69, 9.17) is 9.47 Å². The van der Waals surface area contributed by atoms with Crippen LogP contribution < -0.4 is 0 Å². The molecule has 4 rings (SSSR count). The van der Waals surface area contributed by atoms with Crippen molar-refractivity contribution in [1.82, 2.24) is 14.9 Å². The van der Waals surface area contributed by atoms with E-state index in [2.05, 4.69) is 9.97 Å². The zero-order chi connectivity index (χ0) is 27.6. The number of aliphatic hydroxyl groups is 1. The number of nitrogens with zero attached hydrogens (tertiary/aromatic N) is 2. The van der Waals surface area contributed by atoms with Gasteiger partial charge in [-0.15, -0.1) is 0 Å². The molecule has 1 atom stereocenters. The van der Waals surface area contributed by atoms with Crippen molar-refractivity contribution in [2.75, 3.05) is 13.7 Å². The third-order valence-corrected chi connectivity index (χ3v) is 6.42. The van der Waals surface area contributed by atoms with E-state index >= 15 is 0 Å². The second kappa shape index (κ2) is 10.7. The highest BCUT2D eigenvalue weighted by molar-refractivity contribution is 6.46. The van der Waals surface area contributed by atoms with Crippen molar-refractivity contribution >= 4 is 29.4 Å². The zero-order valence-electron chi connectivity index (χ0n) is 21.4. The number of aryl methyl sites for hydroxylation is 1. The number of methoxy groups -OCH3 is 1. The molecule has 0 spiro atoms. The lowest BCUT2D eigenvalue weighted by Gasteiger charge is -2.25. The lowest BCUT2D eigenvalue weighted by Crippen LogP contribution is -2.29. The lowest BCUT2D eigenvalue weighted by molar-refractivity contribution is -0.140. The fourth-order valence-corrected chi connectivity index (χ4v) is 4.64. The molecule has 1 amide bonds. The molecule has 0 aliphatic carbocycles. The van der Waals surface area contributed by atoms with E-state index in [1.54, 1.807) is 57.4 Å². The number of Topliss-reactive ketones (excluding diaryl/α,β-unsaturated/α-hetero) is 1. The molecular formula is C28H27N3O7. The topological polar surface area (TPSA) is 139 Å². The summed E-state index contributed by atoms with van der Waals surface area (Å²) in [5.41, 5.74) is 2.54. The standard InChI is InChI=1S/C28H27N3O7/c1-5-38-28(36)22-15(2)20(16(3)30-22)24(32)21-23(18-8-10-19(11-9-18)27(35)37-4)31(26(34)25(21)33)14-17-7-6-12-29-13-17/h6-13,23,30,32H,5,14H2,1-4H3/t23-/m1/s1. The maximum Gasteiger partial charge on any atom is 0.355 e. The number of likely N-dealkylation sites (tertiary alicyclic amines) is 1. The van der Waals surface area contributed by atoms with E-state index in [1.165, 1.54) is 24.1 Å². The number of esters is 2. The fourth-order valence-electron chi connectivity index (χ4n) is 4.64. The van der Waals surface area contributed by atoms with Gasteiger partial charge in [0.15, 0.2) is 0 Å². The van der Waals surface area contributed by atoms with Crippen molar-refractivity contribution in [3.05, 3.63) is 93.6 Å². The quantitative estimate of drug-likeness (QED) is 0.210. The van der Waals surface area contributed by atoms with Crippen LogP contribution in [0.5, 0.6) is 0 Å². The van der Waals surface area contributed by atoms with E-state index in [0.29, 0.717) is 22.4 Å². The van der Waals surface area contributed by atoms with Crippen LogP contribution in [0.25, 0.3) is 5.76 Å². The molecule has 2 aromatic heterocycles. The molecule has 0 bridgehead atoms. The highest BCUT2D eigenvalue weighted by Gasteiger charge is 2.46. The van der Waals surface area contributed by atoms with Gasteiger partial charge < -0.3 is 24.5 Å². The van der Waals surface area contributed by atoms with Gasteiger partial charge in [0.2, 0.25) is 0 Å². The van der Waals surface area contributed by atoms with Gasteiger partial charge in [-0.2, -0.15) is 0 Å². The van der Waals surface area contributed by atoms with Gasteiger partial charge >= 0.3 is 11.9 Å². The van der Waals surface area contributed by atoms with Gasteiger partial charge in [-0.1, -0.05) is 18.2 Å². The van der Waals surface area contributed by atoms with Crippen LogP contribution in [0.3, 0.4) is 0 Å². The molecule has 1 aliphatic rings. The smallest absolute Gasteiger partial charge is 0.355 e. The van der Waals surface area contributed by atoms with Gasteiger partial charge in [0.25, 0.3) is 11.7 Å². The zero-order valence-corrected chi connectivity index (χ0v) is 21.4. The highest BCUT2D eigenvalue weighted by atomic mass is 16.5. The van der Waals surface area contributed by atoms with Crippen LogP contribution >= 0.6 is 0 Å². The van der Waals surface area contributed by atoms with Crippen molar-refractivity contribution < 1.29 is 33.8 Å². The number of hydrogen-bond donors (Lipinski definition) is 2. The molecule has 10 nitrogen and oxygen atoms in total. The third kappa shape index (κ3) is 4.68. The van der Waals surface area contributed by atoms with Crippen molar-refractivity contribution in [3.8, 4) is 0 Å². The fraction of sp³-hybridized carbons (Fsp3) is 0.250. The van der Waals surface area contributed by atoms with Gasteiger partial charge in [-0.05, 0) is 55.7 Å². The van der Waals surface area contributed by atoms with E-state index in [1.807, 2.05) is 0 Å². The number of H-pyrrole nitrogens is 1. The number of ketones is 1. The second-order valence-electron chi connectivity index (χ2n) is 8.75. The Labute approximate surface area is 218 Å². The maximum absolute atomic E-state index is 13.4. The summed E-state index contributed by atoms with van der Waals surface area (Å²) in [4.78, 5) is 59.4. The number of aromatic amines is 1. The molecule has 1 fully saturated rings. The summed E-state index contributed by atoms with van der Waals surface area (Å²) in [6.07, 6.45) is 3.18. The predicted octanol–water partition coefficient (Wildman–Crippen LogP) is 3.61. The predicted molar refractivity (Wildman–Crippen MR) is 136 cm³/mol. The molecule has 3 aromatic rings. The third-order valence-electron chi connectivity index (χ3n) is 6.42. The molecule has 38 heavy (non-hydrogen) atoms. The van der Waals surface area contributed by atoms with Crippen LogP contribution in [0.1, 0.15) is 61.8 Å². The lowest BCUT2D eigenvalue weighted by atomic mass is 9.93. The molecule has 10 heteroatoms. The number of pyridine rings is 1. The van der Waals surface area contributed by atoms with Crippen molar-refractivity contribution in [2.45, 2.75) is 33.4 Å². The molecule has 2 N–H and O–H groups in total. The van der Waals surface area contributed by atoms with E-state index in [9.17, 15) is 24.3 Å². The molecular weight excluding hydrogens is 490 g/mol. The van der Waals surface area contributed by atoms with Gasteiger partial charge in [0, 0.05) is 30.2 Å². The van der Waals surface area contributed by atoms with Crippen molar-refractivity contribution in [3.63, 3.8) is 0 Å². The first-order valence-electron chi connectivity index (χ1n) is 11.9. The summed E-state index contributed by atoms with van der Waals surface area (Å²) in [5, 5.41) is 11.5. The normalized spacial score (nSPS) is 16.5. The number of ether oxygens (including phenoxy) is 2. The number of aromatic nitrogens is 2. The molecule has 1 saturated heterocycles. The monoisotopic (exact) mass is 517 g/mol. The molecule has 3 heterocycles. The van der Waals surface area contributed by atoms with Crippen LogP contribution in [-0.4, -0.2) is 57.3 Å². The van der Waals surface area contributed by atoms with Crippen molar-refractivity contribution in [2.24, 2.45) is 0 Å². The summed E-state index contributed by atoms with van der Waals surface area (Å²) < 4.78 is 9.86. The number of amides is 1. The largest absolute Gasteiger partial charge is 0.507 e. The first kappa shape index (κ1) is 26.3. The summed E-state index contributed by atoms with van der Waals surface area (Å²) >= 11 is 0. The Balaban J connectivity index is 1.89. The number of carbonyl (C=O) groups excluding carboxylic acids is 4. The molecule has 1 aliphatic heterocycles. The van der Waals surface area contributed by atoms with Crippen LogP contribution in [-0.2, 0) is 25.6 Å². The van der Waals surface area contributed by atoms with Crippen LogP contribution in [0.2, 0.25) is 0 Å². The first-order valence-corrected chi connectivity index (χ1v) is 11.9. The Bertz CT molecular complexity index is 1440. The molecule has 1 aromatic carbocycles. The van der Waals surface area contributed by atoms with Gasteiger partial charge in [-0.3, -0.25) is 14.6 Å². The Morgan fingerprint density at radius 2 is 1.82 bits per heavy atom. The summed E-state index contributed by atoms with van der Waals surface area (Å²) in [5.74, 6) is -3.22. The average Bonchev–Trinajstić information content (AvgIpc) is 3.36. The molecule has 0 unspecified atom stereocenters. The average molecular weight is 518 g/mol. The van der Waals surface area contributed by atoms with Crippen LogP contribution in [0.15, 0.2) is 54.4 Å². The van der Waals surface area contributed by atoms with Gasteiger partial charge in [-0.25, -0.2) is 9.59 Å². The maximum atomic E-state index is 13.4. The summed E-state index contributed by atoms with van der Waals surface area (Å²) in [6.45, 7) is 5.17.